The summed E-state index contributed by atoms with van der Waals surface area (Å²) in [7, 11) is 0. The van der Waals surface area contributed by atoms with Crippen LogP contribution in [0, 0.1) is 5.92 Å². The number of halogens is 3. The van der Waals surface area contributed by atoms with Crippen LogP contribution in [0.1, 0.15) is 37.2 Å². The van der Waals surface area contributed by atoms with E-state index in [0.29, 0.717) is 18.4 Å². The summed E-state index contributed by atoms with van der Waals surface area (Å²) in [6.07, 6.45) is -0.831. The van der Waals surface area contributed by atoms with Gasteiger partial charge in [-0.15, -0.1) is 0 Å². The average Bonchev–Trinajstić information content (AvgIpc) is 2.71. The molecule has 1 fully saturated rings. The van der Waals surface area contributed by atoms with Crippen LogP contribution in [0.3, 0.4) is 0 Å². The molecule has 0 unspecified atom stereocenters. The summed E-state index contributed by atoms with van der Waals surface area (Å²) in [6, 6.07) is 8.31. The number of benzene rings is 1. The highest BCUT2D eigenvalue weighted by molar-refractivity contribution is 5.22. The lowest BCUT2D eigenvalue weighted by Crippen LogP contribution is -2.26. The Balaban J connectivity index is 2.28. The standard InChI is InChI=1S/C13H15F3/c14-13(15,16)12(11-8-4-5-9-11)10-6-2-1-3-7-10/h1-3,6-7,11-12H,4-5,8-9H2/t12-/m0/s1. The first-order chi connectivity index (χ1) is 7.59. The van der Waals surface area contributed by atoms with Crippen molar-refractivity contribution >= 4 is 0 Å². The van der Waals surface area contributed by atoms with Gasteiger partial charge in [-0.2, -0.15) is 13.2 Å². The van der Waals surface area contributed by atoms with Crippen molar-refractivity contribution in [2.24, 2.45) is 5.92 Å². The summed E-state index contributed by atoms with van der Waals surface area (Å²) < 4.78 is 39.2. The third-order valence-corrected chi connectivity index (χ3v) is 3.38. The summed E-state index contributed by atoms with van der Waals surface area (Å²) >= 11 is 0. The van der Waals surface area contributed by atoms with Crippen LogP contribution in [0.15, 0.2) is 30.3 Å². The van der Waals surface area contributed by atoms with Crippen LogP contribution in [0.5, 0.6) is 0 Å². The van der Waals surface area contributed by atoms with E-state index < -0.39 is 12.1 Å². The maximum atomic E-state index is 13.1. The van der Waals surface area contributed by atoms with Gasteiger partial charge in [0.05, 0.1) is 5.92 Å². The monoisotopic (exact) mass is 228 g/mol. The lowest BCUT2D eigenvalue weighted by molar-refractivity contribution is -0.161. The van der Waals surface area contributed by atoms with Crippen molar-refractivity contribution in [2.75, 3.05) is 0 Å². The summed E-state index contributed by atoms with van der Waals surface area (Å²) in [5, 5.41) is 0. The molecule has 0 aromatic heterocycles. The Morgan fingerprint density at radius 1 is 1.00 bits per heavy atom. The lowest BCUT2D eigenvalue weighted by atomic mass is 9.84. The number of hydrogen-bond donors (Lipinski definition) is 0. The Labute approximate surface area is 93.5 Å². The third-order valence-electron chi connectivity index (χ3n) is 3.38. The zero-order chi connectivity index (χ0) is 11.6. The number of rotatable bonds is 2. The minimum absolute atomic E-state index is 0.220. The fourth-order valence-corrected chi connectivity index (χ4v) is 2.68. The van der Waals surface area contributed by atoms with Gasteiger partial charge in [0, 0.05) is 0 Å². The Hall–Kier alpha value is -0.990. The predicted molar refractivity (Wildman–Crippen MR) is 57.2 cm³/mol. The first-order valence-electron chi connectivity index (χ1n) is 5.70. The Bertz CT molecular complexity index is 323. The Kier molecular flexibility index (Phi) is 3.22. The van der Waals surface area contributed by atoms with Gasteiger partial charge in [0.15, 0.2) is 0 Å². The van der Waals surface area contributed by atoms with Gasteiger partial charge < -0.3 is 0 Å². The first-order valence-corrected chi connectivity index (χ1v) is 5.70. The van der Waals surface area contributed by atoms with Crippen molar-refractivity contribution in [1.82, 2.24) is 0 Å². The van der Waals surface area contributed by atoms with E-state index in [1.165, 1.54) is 0 Å². The molecule has 0 bridgehead atoms. The molecule has 1 atom stereocenters. The van der Waals surface area contributed by atoms with Crippen molar-refractivity contribution in [2.45, 2.75) is 37.8 Å². The maximum Gasteiger partial charge on any atom is 0.396 e. The molecule has 1 aliphatic rings. The van der Waals surface area contributed by atoms with Crippen molar-refractivity contribution in [1.29, 1.82) is 0 Å². The van der Waals surface area contributed by atoms with Crippen LogP contribution in [-0.2, 0) is 0 Å². The number of hydrogen-bond acceptors (Lipinski definition) is 0. The molecular formula is C13H15F3. The van der Waals surface area contributed by atoms with E-state index in [9.17, 15) is 13.2 Å². The minimum Gasteiger partial charge on any atom is -0.170 e. The molecule has 0 heterocycles. The highest BCUT2D eigenvalue weighted by Gasteiger charge is 2.45. The molecule has 0 aliphatic heterocycles. The van der Waals surface area contributed by atoms with E-state index in [-0.39, 0.29) is 5.92 Å². The second-order valence-corrected chi connectivity index (χ2v) is 4.47. The van der Waals surface area contributed by atoms with E-state index in [1.54, 1.807) is 30.3 Å². The first kappa shape index (κ1) is 11.5. The third kappa shape index (κ3) is 2.39. The smallest absolute Gasteiger partial charge is 0.170 e. The molecule has 1 aliphatic carbocycles. The van der Waals surface area contributed by atoms with E-state index >= 15 is 0 Å². The topological polar surface area (TPSA) is 0 Å². The average molecular weight is 228 g/mol. The molecule has 0 spiro atoms. The van der Waals surface area contributed by atoms with Gasteiger partial charge in [0.25, 0.3) is 0 Å². The van der Waals surface area contributed by atoms with Gasteiger partial charge in [-0.05, 0) is 24.3 Å². The minimum atomic E-state index is -4.11. The molecule has 0 amide bonds. The van der Waals surface area contributed by atoms with E-state index in [4.69, 9.17) is 0 Å². The van der Waals surface area contributed by atoms with Crippen LogP contribution in [-0.4, -0.2) is 6.18 Å². The maximum absolute atomic E-state index is 13.1. The highest BCUT2D eigenvalue weighted by atomic mass is 19.4. The molecule has 1 saturated carbocycles. The number of alkyl halides is 3. The van der Waals surface area contributed by atoms with Crippen LogP contribution >= 0.6 is 0 Å². The van der Waals surface area contributed by atoms with Crippen LogP contribution < -0.4 is 0 Å². The fraction of sp³-hybridized carbons (Fsp3) is 0.538. The normalized spacial score (nSPS) is 19.9. The largest absolute Gasteiger partial charge is 0.396 e. The molecule has 0 saturated heterocycles. The summed E-state index contributed by atoms with van der Waals surface area (Å²) in [5.41, 5.74) is 0.418. The van der Waals surface area contributed by atoms with Crippen molar-refractivity contribution in [3.63, 3.8) is 0 Å². The second kappa shape index (κ2) is 4.48. The van der Waals surface area contributed by atoms with Crippen LogP contribution in [0.25, 0.3) is 0 Å². The summed E-state index contributed by atoms with van der Waals surface area (Å²) in [5.74, 6) is -1.49. The zero-order valence-corrected chi connectivity index (χ0v) is 9.00. The second-order valence-electron chi connectivity index (χ2n) is 4.47. The molecule has 0 N–H and O–H groups in total. The van der Waals surface area contributed by atoms with Gasteiger partial charge in [-0.1, -0.05) is 43.2 Å². The van der Waals surface area contributed by atoms with Crippen molar-refractivity contribution < 1.29 is 13.2 Å². The van der Waals surface area contributed by atoms with Crippen molar-refractivity contribution in [3.05, 3.63) is 35.9 Å². The fourth-order valence-electron chi connectivity index (χ4n) is 2.68. The molecule has 88 valence electrons. The summed E-state index contributed by atoms with van der Waals surface area (Å²) in [4.78, 5) is 0. The van der Waals surface area contributed by atoms with Crippen LogP contribution in [0.4, 0.5) is 13.2 Å². The van der Waals surface area contributed by atoms with Gasteiger partial charge in [-0.25, -0.2) is 0 Å². The van der Waals surface area contributed by atoms with Crippen LogP contribution in [0.2, 0.25) is 0 Å². The zero-order valence-electron chi connectivity index (χ0n) is 9.00. The van der Waals surface area contributed by atoms with E-state index in [2.05, 4.69) is 0 Å². The Morgan fingerprint density at radius 2 is 1.56 bits per heavy atom. The van der Waals surface area contributed by atoms with Gasteiger partial charge >= 0.3 is 6.18 Å². The molecule has 16 heavy (non-hydrogen) atoms. The molecule has 0 radical (unpaired) electrons. The van der Waals surface area contributed by atoms with E-state index in [1.807, 2.05) is 0 Å². The van der Waals surface area contributed by atoms with Gasteiger partial charge in [-0.3, -0.25) is 0 Å². The molecule has 2 rings (SSSR count). The van der Waals surface area contributed by atoms with E-state index in [0.717, 1.165) is 12.8 Å². The lowest BCUT2D eigenvalue weighted by Gasteiger charge is -2.26. The molecule has 3 heteroatoms. The highest BCUT2D eigenvalue weighted by Crippen LogP contribution is 2.46. The molecular weight excluding hydrogens is 213 g/mol. The van der Waals surface area contributed by atoms with Crippen molar-refractivity contribution in [3.8, 4) is 0 Å². The van der Waals surface area contributed by atoms with Gasteiger partial charge in [0.2, 0.25) is 0 Å². The summed E-state index contributed by atoms with van der Waals surface area (Å²) in [6.45, 7) is 0. The molecule has 0 nitrogen and oxygen atoms in total. The molecule has 1 aromatic carbocycles. The Morgan fingerprint density at radius 3 is 2.06 bits per heavy atom. The quantitative estimate of drug-likeness (QED) is 0.698. The molecule has 1 aromatic rings. The predicted octanol–water partition coefficient (Wildman–Crippen LogP) is 4.52. The SMILES string of the molecule is FC(F)(F)[C@@H](c1ccccc1)C1CCCC1. The van der Waals surface area contributed by atoms with Gasteiger partial charge in [0.1, 0.15) is 0 Å².